The zero-order chi connectivity index (χ0) is 16.7. The van der Waals surface area contributed by atoms with Gasteiger partial charge in [-0.05, 0) is 42.3 Å². The first-order chi connectivity index (χ1) is 11.1. The van der Waals surface area contributed by atoms with Crippen LogP contribution in [0.25, 0.3) is 0 Å². The van der Waals surface area contributed by atoms with E-state index in [4.69, 9.17) is 21.1 Å². The van der Waals surface area contributed by atoms with Crippen LogP contribution in [0.15, 0.2) is 42.5 Å². The van der Waals surface area contributed by atoms with Gasteiger partial charge in [-0.2, -0.15) is 0 Å². The van der Waals surface area contributed by atoms with Gasteiger partial charge in [-0.25, -0.2) is 0 Å². The predicted molar refractivity (Wildman–Crippen MR) is 95.4 cm³/mol. The molecule has 0 saturated heterocycles. The van der Waals surface area contributed by atoms with Crippen LogP contribution in [0.1, 0.15) is 31.9 Å². The summed E-state index contributed by atoms with van der Waals surface area (Å²) in [4.78, 5) is 0. The first-order valence-corrected chi connectivity index (χ1v) is 8.32. The smallest absolute Gasteiger partial charge is 0.161 e. The molecule has 4 heteroatoms. The van der Waals surface area contributed by atoms with E-state index in [2.05, 4.69) is 25.2 Å². The van der Waals surface area contributed by atoms with E-state index in [1.54, 1.807) is 0 Å². The van der Waals surface area contributed by atoms with E-state index in [-0.39, 0.29) is 0 Å². The molecule has 0 aliphatic carbocycles. The van der Waals surface area contributed by atoms with Gasteiger partial charge in [-0.3, -0.25) is 0 Å². The van der Waals surface area contributed by atoms with E-state index < -0.39 is 0 Å². The summed E-state index contributed by atoms with van der Waals surface area (Å²) in [6.07, 6.45) is 0. The van der Waals surface area contributed by atoms with Crippen molar-refractivity contribution in [1.82, 2.24) is 5.32 Å². The zero-order valence-corrected chi connectivity index (χ0v) is 14.7. The molecule has 0 fully saturated rings. The highest BCUT2D eigenvalue weighted by molar-refractivity contribution is 6.30. The summed E-state index contributed by atoms with van der Waals surface area (Å²) in [5, 5.41) is 4.13. The van der Waals surface area contributed by atoms with E-state index in [0.717, 1.165) is 28.6 Å². The van der Waals surface area contributed by atoms with Gasteiger partial charge in [-0.1, -0.05) is 43.6 Å². The Kier molecular flexibility index (Phi) is 6.75. The maximum absolute atomic E-state index is 5.91. The minimum Gasteiger partial charge on any atom is -0.490 e. The SMILES string of the molecule is CCOc1cc(CNC(C)C)ccc1OCc1ccc(Cl)cc1. The number of benzene rings is 2. The van der Waals surface area contributed by atoms with Gasteiger partial charge in [-0.15, -0.1) is 0 Å². The van der Waals surface area contributed by atoms with Crippen molar-refractivity contribution >= 4 is 11.6 Å². The fourth-order valence-electron chi connectivity index (χ4n) is 2.11. The molecule has 2 aromatic carbocycles. The molecule has 2 aromatic rings. The van der Waals surface area contributed by atoms with E-state index >= 15 is 0 Å². The van der Waals surface area contributed by atoms with Crippen molar-refractivity contribution in [2.45, 2.75) is 40.0 Å². The molecular weight excluding hydrogens is 310 g/mol. The highest BCUT2D eigenvalue weighted by atomic mass is 35.5. The average Bonchev–Trinajstić information content (AvgIpc) is 2.54. The highest BCUT2D eigenvalue weighted by Crippen LogP contribution is 2.29. The average molecular weight is 334 g/mol. The van der Waals surface area contributed by atoms with Crippen LogP contribution in [0.4, 0.5) is 0 Å². The summed E-state index contributed by atoms with van der Waals surface area (Å²) in [5.74, 6) is 1.54. The normalized spacial score (nSPS) is 10.8. The second-order valence-corrected chi connectivity index (χ2v) is 6.10. The number of rotatable bonds is 8. The van der Waals surface area contributed by atoms with Gasteiger partial charge in [0.15, 0.2) is 11.5 Å². The number of hydrogen-bond donors (Lipinski definition) is 1. The molecule has 0 aromatic heterocycles. The standard InChI is InChI=1S/C19H24ClNO2/c1-4-22-19-11-16(12-21-14(2)3)7-10-18(19)23-13-15-5-8-17(20)9-6-15/h5-11,14,21H,4,12-13H2,1-3H3. The lowest BCUT2D eigenvalue weighted by Crippen LogP contribution is -2.21. The molecule has 0 spiro atoms. The minimum atomic E-state index is 0.450. The first-order valence-electron chi connectivity index (χ1n) is 7.95. The summed E-state index contributed by atoms with van der Waals surface area (Å²) in [7, 11) is 0. The Hall–Kier alpha value is -1.71. The van der Waals surface area contributed by atoms with Crippen LogP contribution >= 0.6 is 11.6 Å². The molecule has 0 amide bonds. The molecule has 3 nitrogen and oxygen atoms in total. The predicted octanol–water partition coefficient (Wildman–Crippen LogP) is 4.82. The lowest BCUT2D eigenvalue weighted by Gasteiger charge is -2.14. The van der Waals surface area contributed by atoms with Crippen LogP contribution in [0.3, 0.4) is 0 Å². The summed E-state index contributed by atoms with van der Waals surface area (Å²) in [6, 6.07) is 14.2. The molecule has 0 saturated carbocycles. The topological polar surface area (TPSA) is 30.5 Å². The Labute approximate surface area is 143 Å². The Morgan fingerprint density at radius 3 is 2.30 bits per heavy atom. The molecule has 0 atom stereocenters. The van der Waals surface area contributed by atoms with Gasteiger partial charge < -0.3 is 14.8 Å². The molecule has 0 heterocycles. The summed E-state index contributed by atoms with van der Waals surface area (Å²) < 4.78 is 11.6. The monoisotopic (exact) mass is 333 g/mol. The number of halogens is 1. The number of ether oxygens (including phenoxy) is 2. The summed E-state index contributed by atoms with van der Waals surface area (Å²) in [6.45, 7) is 8.15. The van der Waals surface area contributed by atoms with Gasteiger partial charge in [0.05, 0.1) is 6.61 Å². The van der Waals surface area contributed by atoms with Crippen molar-refractivity contribution in [3.63, 3.8) is 0 Å². The van der Waals surface area contributed by atoms with Crippen LogP contribution in [0.2, 0.25) is 5.02 Å². The van der Waals surface area contributed by atoms with Gasteiger partial charge in [0.25, 0.3) is 0 Å². The van der Waals surface area contributed by atoms with Crippen LogP contribution in [0.5, 0.6) is 11.5 Å². The van der Waals surface area contributed by atoms with Crippen molar-refractivity contribution in [3.05, 3.63) is 58.6 Å². The quantitative estimate of drug-likeness (QED) is 0.751. The zero-order valence-electron chi connectivity index (χ0n) is 13.9. The molecule has 1 N–H and O–H groups in total. The highest BCUT2D eigenvalue weighted by Gasteiger charge is 2.07. The largest absolute Gasteiger partial charge is 0.490 e. The Balaban J connectivity index is 2.05. The molecule has 0 bridgehead atoms. The fraction of sp³-hybridized carbons (Fsp3) is 0.368. The maximum atomic E-state index is 5.91. The Morgan fingerprint density at radius 1 is 0.957 bits per heavy atom. The van der Waals surface area contributed by atoms with Crippen molar-refractivity contribution in [2.24, 2.45) is 0 Å². The number of nitrogens with one attached hydrogen (secondary N) is 1. The molecule has 0 aliphatic heterocycles. The van der Waals surface area contributed by atoms with Crippen molar-refractivity contribution in [2.75, 3.05) is 6.61 Å². The van der Waals surface area contributed by atoms with E-state index in [1.807, 2.05) is 43.3 Å². The van der Waals surface area contributed by atoms with Crippen LogP contribution in [-0.2, 0) is 13.2 Å². The third-order valence-electron chi connectivity index (χ3n) is 3.33. The van der Waals surface area contributed by atoms with Gasteiger partial charge in [0.2, 0.25) is 0 Å². The van der Waals surface area contributed by atoms with Crippen LogP contribution in [-0.4, -0.2) is 12.6 Å². The molecule has 2 rings (SSSR count). The van der Waals surface area contributed by atoms with Crippen molar-refractivity contribution in [1.29, 1.82) is 0 Å². The molecular formula is C19H24ClNO2. The molecule has 23 heavy (non-hydrogen) atoms. The number of hydrogen-bond acceptors (Lipinski definition) is 3. The lowest BCUT2D eigenvalue weighted by atomic mass is 10.2. The lowest BCUT2D eigenvalue weighted by molar-refractivity contribution is 0.269. The fourth-order valence-corrected chi connectivity index (χ4v) is 2.24. The molecule has 0 unspecified atom stereocenters. The van der Waals surface area contributed by atoms with Gasteiger partial charge in [0.1, 0.15) is 6.61 Å². The van der Waals surface area contributed by atoms with Crippen molar-refractivity contribution in [3.8, 4) is 11.5 Å². The van der Waals surface area contributed by atoms with Crippen LogP contribution in [0, 0.1) is 0 Å². The van der Waals surface area contributed by atoms with Crippen molar-refractivity contribution < 1.29 is 9.47 Å². The Bertz CT molecular complexity index is 611. The molecule has 0 radical (unpaired) electrons. The Morgan fingerprint density at radius 2 is 1.65 bits per heavy atom. The van der Waals surface area contributed by atoms with E-state index in [9.17, 15) is 0 Å². The first kappa shape index (κ1) is 17.6. The van der Waals surface area contributed by atoms with Crippen LogP contribution < -0.4 is 14.8 Å². The second kappa shape index (κ2) is 8.80. The molecule has 124 valence electrons. The second-order valence-electron chi connectivity index (χ2n) is 5.66. The summed E-state index contributed by atoms with van der Waals surface area (Å²) in [5.41, 5.74) is 2.25. The maximum Gasteiger partial charge on any atom is 0.161 e. The molecule has 0 aliphatic rings. The van der Waals surface area contributed by atoms with Gasteiger partial charge in [0, 0.05) is 17.6 Å². The van der Waals surface area contributed by atoms with E-state index in [1.165, 1.54) is 5.56 Å². The minimum absolute atomic E-state index is 0.450. The van der Waals surface area contributed by atoms with E-state index in [0.29, 0.717) is 19.3 Å². The third-order valence-corrected chi connectivity index (χ3v) is 3.58. The summed E-state index contributed by atoms with van der Waals surface area (Å²) >= 11 is 5.90. The third kappa shape index (κ3) is 5.77. The van der Waals surface area contributed by atoms with Gasteiger partial charge >= 0.3 is 0 Å².